The van der Waals surface area contributed by atoms with Crippen molar-refractivity contribution in [2.24, 2.45) is 0 Å². The molecule has 0 atom stereocenters. The van der Waals surface area contributed by atoms with Crippen molar-refractivity contribution in [2.45, 2.75) is 53.9 Å². The molecule has 0 fully saturated rings. The molecule has 0 saturated heterocycles. The Morgan fingerprint density at radius 3 is 2.40 bits per heavy atom. The molecule has 1 heterocycles. The Labute approximate surface area is 122 Å². The van der Waals surface area contributed by atoms with Crippen LogP contribution in [0.2, 0.25) is 0 Å². The maximum absolute atomic E-state index is 12.1. The third-order valence-corrected chi connectivity index (χ3v) is 3.64. The molecule has 0 aromatic rings. The molecule has 3 heteroatoms. The molecule has 20 heavy (non-hydrogen) atoms. The van der Waals surface area contributed by atoms with Gasteiger partial charge in [-0.1, -0.05) is 28.9 Å². The van der Waals surface area contributed by atoms with E-state index in [1.165, 1.54) is 16.0 Å². The lowest BCUT2D eigenvalue weighted by Crippen LogP contribution is -2.41. The van der Waals surface area contributed by atoms with Crippen LogP contribution in [0, 0.1) is 0 Å². The summed E-state index contributed by atoms with van der Waals surface area (Å²) in [5, 5.41) is 0. The van der Waals surface area contributed by atoms with Crippen molar-refractivity contribution in [3.8, 4) is 0 Å². The average molecular weight is 275 g/mol. The second-order valence-corrected chi connectivity index (χ2v) is 5.76. The molecular formula is C17H25NO2. The van der Waals surface area contributed by atoms with Crippen LogP contribution in [0.1, 0.15) is 53.9 Å². The van der Waals surface area contributed by atoms with E-state index in [-0.39, 0.29) is 11.8 Å². The van der Waals surface area contributed by atoms with Gasteiger partial charge < -0.3 is 0 Å². The van der Waals surface area contributed by atoms with E-state index in [1.54, 1.807) is 6.92 Å². The number of imide groups is 1. The number of carbonyl (C=O) groups is 2. The van der Waals surface area contributed by atoms with Crippen molar-refractivity contribution in [3.63, 3.8) is 0 Å². The van der Waals surface area contributed by atoms with Crippen LogP contribution in [0.3, 0.4) is 0 Å². The Morgan fingerprint density at radius 1 is 1.15 bits per heavy atom. The molecule has 0 unspecified atom stereocenters. The summed E-state index contributed by atoms with van der Waals surface area (Å²) in [7, 11) is 0. The van der Waals surface area contributed by atoms with Crippen LogP contribution >= 0.6 is 0 Å². The van der Waals surface area contributed by atoms with Gasteiger partial charge in [0.15, 0.2) is 0 Å². The average Bonchev–Trinajstić information content (AvgIpc) is 2.35. The van der Waals surface area contributed by atoms with Crippen LogP contribution in [0.25, 0.3) is 0 Å². The highest BCUT2D eigenvalue weighted by Gasteiger charge is 2.28. The van der Waals surface area contributed by atoms with Crippen LogP contribution < -0.4 is 0 Å². The molecule has 3 nitrogen and oxygen atoms in total. The van der Waals surface area contributed by atoms with E-state index in [0.717, 1.165) is 18.4 Å². The zero-order valence-corrected chi connectivity index (χ0v) is 13.2. The Hall–Kier alpha value is -1.64. The summed E-state index contributed by atoms with van der Waals surface area (Å²) in [6.45, 7) is 10.3. The first kappa shape index (κ1) is 16.4. The summed E-state index contributed by atoms with van der Waals surface area (Å²) < 4.78 is 0. The normalized spacial score (nSPS) is 16.9. The number of allylic oxidation sites excluding steroid dienone is 3. The van der Waals surface area contributed by atoms with E-state index in [1.807, 2.05) is 19.9 Å². The molecule has 0 spiro atoms. The van der Waals surface area contributed by atoms with Crippen molar-refractivity contribution in [1.82, 2.24) is 4.90 Å². The van der Waals surface area contributed by atoms with Crippen LogP contribution in [-0.2, 0) is 9.59 Å². The van der Waals surface area contributed by atoms with E-state index in [9.17, 15) is 9.59 Å². The van der Waals surface area contributed by atoms with Crippen molar-refractivity contribution in [1.29, 1.82) is 0 Å². The maximum Gasteiger partial charge on any atom is 0.256 e. The topological polar surface area (TPSA) is 37.4 Å². The summed E-state index contributed by atoms with van der Waals surface area (Å²) in [4.78, 5) is 25.3. The summed E-state index contributed by atoms with van der Waals surface area (Å²) in [5.41, 5.74) is 4.13. The molecule has 1 aliphatic heterocycles. The van der Waals surface area contributed by atoms with Gasteiger partial charge in [-0.15, -0.1) is 0 Å². The largest absolute Gasteiger partial charge is 0.275 e. The van der Waals surface area contributed by atoms with Crippen molar-refractivity contribution in [2.75, 3.05) is 6.54 Å². The number of rotatable bonds is 5. The first-order chi connectivity index (χ1) is 9.32. The minimum atomic E-state index is -0.146. The zero-order chi connectivity index (χ0) is 15.3. The van der Waals surface area contributed by atoms with Crippen LogP contribution in [0.4, 0.5) is 0 Å². The van der Waals surface area contributed by atoms with Crippen LogP contribution in [-0.4, -0.2) is 23.3 Å². The zero-order valence-electron chi connectivity index (χ0n) is 13.2. The molecule has 0 aliphatic carbocycles. The van der Waals surface area contributed by atoms with Gasteiger partial charge in [0.1, 0.15) is 0 Å². The number of nitrogens with zero attached hydrogens (tertiary/aromatic N) is 1. The van der Waals surface area contributed by atoms with E-state index in [2.05, 4.69) is 19.9 Å². The minimum Gasteiger partial charge on any atom is -0.275 e. The van der Waals surface area contributed by atoms with E-state index >= 15 is 0 Å². The molecule has 0 bridgehead atoms. The SMILES string of the molecule is CC(C)=CCC/C(C)=C/CN1C(=O)CC(C)=C(C)C1=O. The number of hydrogen-bond donors (Lipinski definition) is 0. The van der Waals surface area contributed by atoms with E-state index in [4.69, 9.17) is 0 Å². The van der Waals surface area contributed by atoms with Crippen molar-refractivity contribution >= 4 is 11.8 Å². The Balaban J connectivity index is 2.62. The molecule has 2 amide bonds. The fourth-order valence-electron chi connectivity index (χ4n) is 2.08. The van der Waals surface area contributed by atoms with Gasteiger partial charge in [0, 0.05) is 18.5 Å². The van der Waals surface area contributed by atoms with Gasteiger partial charge in [-0.25, -0.2) is 0 Å². The molecule has 0 N–H and O–H groups in total. The predicted molar refractivity (Wildman–Crippen MR) is 82.1 cm³/mol. The molecule has 1 rings (SSSR count). The van der Waals surface area contributed by atoms with Gasteiger partial charge in [-0.05, 0) is 47.5 Å². The monoisotopic (exact) mass is 275 g/mol. The standard InChI is InChI=1S/C17H25NO2/c1-12(2)7-6-8-13(3)9-10-18-16(19)11-14(4)15(5)17(18)20/h7,9H,6,8,10-11H2,1-5H3/b13-9+. The second-order valence-electron chi connectivity index (χ2n) is 5.76. The first-order valence-electron chi connectivity index (χ1n) is 7.13. The molecule has 0 saturated carbocycles. The Bertz CT molecular complexity index is 491. The summed E-state index contributed by atoms with van der Waals surface area (Å²) in [6.07, 6.45) is 6.52. The highest BCUT2D eigenvalue weighted by atomic mass is 16.2. The van der Waals surface area contributed by atoms with Gasteiger partial charge in [-0.2, -0.15) is 0 Å². The quantitative estimate of drug-likeness (QED) is 0.565. The molecule has 110 valence electrons. The fraction of sp³-hybridized carbons (Fsp3) is 0.529. The summed E-state index contributed by atoms with van der Waals surface area (Å²) in [5.74, 6) is -0.237. The van der Waals surface area contributed by atoms with Gasteiger partial charge in [0.05, 0.1) is 0 Å². The molecular weight excluding hydrogens is 250 g/mol. The minimum absolute atomic E-state index is 0.0913. The second kappa shape index (κ2) is 7.22. The summed E-state index contributed by atoms with van der Waals surface area (Å²) >= 11 is 0. The first-order valence-corrected chi connectivity index (χ1v) is 7.13. The maximum atomic E-state index is 12.1. The van der Waals surface area contributed by atoms with Gasteiger partial charge in [-0.3, -0.25) is 14.5 Å². The van der Waals surface area contributed by atoms with E-state index < -0.39 is 0 Å². The number of carbonyl (C=O) groups excluding carboxylic acids is 2. The van der Waals surface area contributed by atoms with Crippen molar-refractivity contribution in [3.05, 3.63) is 34.4 Å². The molecule has 0 aromatic heterocycles. The fourth-order valence-corrected chi connectivity index (χ4v) is 2.08. The van der Waals surface area contributed by atoms with Crippen molar-refractivity contribution < 1.29 is 9.59 Å². The number of amides is 2. The van der Waals surface area contributed by atoms with Crippen LogP contribution in [0.15, 0.2) is 34.4 Å². The smallest absolute Gasteiger partial charge is 0.256 e. The highest BCUT2D eigenvalue weighted by Crippen LogP contribution is 2.19. The summed E-state index contributed by atoms with van der Waals surface area (Å²) in [6, 6.07) is 0. The van der Waals surface area contributed by atoms with Gasteiger partial charge in [0.25, 0.3) is 5.91 Å². The van der Waals surface area contributed by atoms with Gasteiger partial charge >= 0.3 is 0 Å². The third-order valence-electron chi connectivity index (χ3n) is 3.64. The lowest BCUT2D eigenvalue weighted by Gasteiger charge is -2.25. The highest BCUT2D eigenvalue weighted by molar-refractivity contribution is 6.08. The molecule has 0 radical (unpaired) electrons. The molecule has 0 aromatic carbocycles. The Kier molecular flexibility index (Phi) is 5.93. The van der Waals surface area contributed by atoms with Gasteiger partial charge in [0.2, 0.25) is 5.91 Å². The third kappa shape index (κ3) is 4.48. The van der Waals surface area contributed by atoms with E-state index in [0.29, 0.717) is 18.5 Å². The lowest BCUT2D eigenvalue weighted by molar-refractivity contribution is -0.142. The predicted octanol–water partition coefficient (Wildman–Crippen LogP) is 3.77. The lowest BCUT2D eigenvalue weighted by atomic mass is 10.0. The Morgan fingerprint density at radius 2 is 1.80 bits per heavy atom. The number of hydrogen-bond acceptors (Lipinski definition) is 2. The van der Waals surface area contributed by atoms with Crippen LogP contribution in [0.5, 0.6) is 0 Å². The molecule has 1 aliphatic rings.